The summed E-state index contributed by atoms with van der Waals surface area (Å²) in [6.07, 6.45) is 3.82. The third-order valence-corrected chi connectivity index (χ3v) is 4.08. The molecule has 1 aromatic heterocycles. The number of hydrogen-bond donors (Lipinski definition) is 2. The van der Waals surface area contributed by atoms with E-state index in [1.54, 1.807) is 12.3 Å². The van der Waals surface area contributed by atoms with Crippen molar-refractivity contribution >= 4 is 15.8 Å². The molecule has 1 aromatic carbocycles. The van der Waals surface area contributed by atoms with Gasteiger partial charge in [-0.2, -0.15) is 0 Å². The molecule has 0 atom stereocenters. The van der Waals surface area contributed by atoms with Crippen LogP contribution in [-0.4, -0.2) is 26.2 Å². The zero-order chi connectivity index (χ0) is 14.9. The molecule has 110 valence electrons. The first-order chi connectivity index (χ1) is 10.0. The lowest BCUT2D eigenvalue weighted by Gasteiger charge is -2.20. The van der Waals surface area contributed by atoms with Crippen LogP contribution >= 0.6 is 0 Å². The van der Waals surface area contributed by atoms with Gasteiger partial charge in [-0.3, -0.25) is 4.72 Å². The third-order valence-electron chi connectivity index (χ3n) is 3.50. The normalized spacial score (nSPS) is 14.5. The molecule has 6 heteroatoms. The predicted molar refractivity (Wildman–Crippen MR) is 83.6 cm³/mol. The quantitative estimate of drug-likeness (QED) is 0.906. The molecule has 0 aliphatic carbocycles. The van der Waals surface area contributed by atoms with Gasteiger partial charge in [0.1, 0.15) is 5.82 Å². The van der Waals surface area contributed by atoms with Gasteiger partial charge >= 0.3 is 0 Å². The van der Waals surface area contributed by atoms with E-state index in [4.69, 9.17) is 0 Å². The number of nitrogens with one attached hydrogen (secondary N) is 2. The Kier molecular flexibility index (Phi) is 3.65. The van der Waals surface area contributed by atoms with E-state index in [2.05, 4.69) is 27.2 Å². The summed E-state index contributed by atoms with van der Waals surface area (Å²) >= 11 is 0. The highest BCUT2D eigenvalue weighted by Gasteiger charge is 2.13. The van der Waals surface area contributed by atoms with Gasteiger partial charge in [-0.05, 0) is 41.8 Å². The molecule has 0 bridgehead atoms. The molecule has 0 saturated heterocycles. The minimum Gasteiger partial charge on any atom is -0.312 e. The number of pyridine rings is 1. The molecule has 0 fully saturated rings. The summed E-state index contributed by atoms with van der Waals surface area (Å²) in [7, 11) is -3.29. The summed E-state index contributed by atoms with van der Waals surface area (Å²) in [5.74, 6) is 0.340. The second-order valence-corrected chi connectivity index (χ2v) is 6.92. The summed E-state index contributed by atoms with van der Waals surface area (Å²) in [5.41, 5.74) is 4.85. The van der Waals surface area contributed by atoms with Crippen molar-refractivity contribution in [2.24, 2.45) is 0 Å². The maximum absolute atomic E-state index is 11.2. The average Bonchev–Trinajstić information content (AvgIpc) is 2.46. The second kappa shape index (κ2) is 5.46. The lowest BCUT2D eigenvalue weighted by atomic mass is 9.92. The van der Waals surface area contributed by atoms with Crippen LogP contribution in [0.25, 0.3) is 11.1 Å². The zero-order valence-corrected chi connectivity index (χ0v) is 12.6. The Morgan fingerprint density at radius 1 is 1.24 bits per heavy atom. The Labute approximate surface area is 124 Å². The van der Waals surface area contributed by atoms with Gasteiger partial charge in [0.05, 0.1) is 6.26 Å². The van der Waals surface area contributed by atoms with E-state index in [9.17, 15) is 8.42 Å². The van der Waals surface area contributed by atoms with Crippen molar-refractivity contribution in [2.75, 3.05) is 17.5 Å². The van der Waals surface area contributed by atoms with E-state index in [0.29, 0.717) is 5.82 Å². The Morgan fingerprint density at radius 2 is 2.10 bits per heavy atom. The smallest absolute Gasteiger partial charge is 0.230 e. The molecular weight excluding hydrogens is 286 g/mol. The summed E-state index contributed by atoms with van der Waals surface area (Å²) in [6.45, 7) is 1.87. The Bertz CT molecular complexity index is 755. The lowest BCUT2D eigenvalue weighted by molar-refractivity contribution is 0.606. The summed E-state index contributed by atoms with van der Waals surface area (Å²) in [6, 6.07) is 9.86. The number of rotatable bonds is 3. The van der Waals surface area contributed by atoms with Crippen LogP contribution in [0.3, 0.4) is 0 Å². The van der Waals surface area contributed by atoms with Crippen molar-refractivity contribution in [2.45, 2.75) is 13.0 Å². The fourth-order valence-corrected chi connectivity index (χ4v) is 3.11. The fourth-order valence-electron chi connectivity index (χ4n) is 2.61. The van der Waals surface area contributed by atoms with Crippen LogP contribution in [0.4, 0.5) is 5.82 Å². The van der Waals surface area contributed by atoms with Gasteiger partial charge in [-0.1, -0.05) is 18.2 Å². The molecule has 2 N–H and O–H groups in total. The highest BCUT2D eigenvalue weighted by Crippen LogP contribution is 2.28. The predicted octanol–water partition coefficient (Wildman–Crippen LogP) is 1.77. The molecule has 2 heterocycles. The van der Waals surface area contributed by atoms with E-state index in [-0.39, 0.29) is 0 Å². The second-order valence-electron chi connectivity index (χ2n) is 5.18. The Balaban J connectivity index is 1.95. The summed E-state index contributed by atoms with van der Waals surface area (Å²) < 4.78 is 24.8. The van der Waals surface area contributed by atoms with Crippen LogP contribution in [0, 0.1) is 0 Å². The zero-order valence-electron chi connectivity index (χ0n) is 11.8. The molecule has 5 nitrogen and oxygen atoms in total. The topological polar surface area (TPSA) is 71.1 Å². The van der Waals surface area contributed by atoms with Gasteiger partial charge in [-0.15, -0.1) is 0 Å². The minimum atomic E-state index is -3.29. The van der Waals surface area contributed by atoms with Crippen LogP contribution in [0.15, 0.2) is 36.5 Å². The summed E-state index contributed by atoms with van der Waals surface area (Å²) in [4.78, 5) is 4.18. The highest BCUT2D eigenvalue weighted by molar-refractivity contribution is 7.92. The number of benzene rings is 1. The Morgan fingerprint density at radius 3 is 2.81 bits per heavy atom. The molecule has 0 saturated carbocycles. The monoisotopic (exact) mass is 303 g/mol. The first kappa shape index (κ1) is 14.0. The minimum absolute atomic E-state index is 0.340. The number of anilines is 1. The van der Waals surface area contributed by atoms with E-state index >= 15 is 0 Å². The molecule has 0 radical (unpaired) electrons. The van der Waals surface area contributed by atoms with Crippen molar-refractivity contribution in [3.63, 3.8) is 0 Å². The van der Waals surface area contributed by atoms with Crippen molar-refractivity contribution < 1.29 is 8.42 Å². The van der Waals surface area contributed by atoms with E-state index in [1.165, 1.54) is 16.7 Å². The molecule has 0 unspecified atom stereocenters. The molecule has 1 aliphatic rings. The van der Waals surface area contributed by atoms with Crippen molar-refractivity contribution in [1.82, 2.24) is 10.3 Å². The van der Waals surface area contributed by atoms with Crippen LogP contribution in [0.1, 0.15) is 11.1 Å². The molecule has 0 spiro atoms. The molecule has 21 heavy (non-hydrogen) atoms. The summed E-state index contributed by atoms with van der Waals surface area (Å²) in [5, 5.41) is 3.36. The number of hydrogen-bond acceptors (Lipinski definition) is 4. The number of fused-ring (bicyclic) bond motifs is 1. The van der Waals surface area contributed by atoms with Gasteiger partial charge in [0, 0.05) is 18.3 Å². The maximum atomic E-state index is 11.2. The molecule has 1 aliphatic heterocycles. The maximum Gasteiger partial charge on any atom is 0.230 e. The third kappa shape index (κ3) is 3.22. The number of nitrogens with zero attached hydrogens (tertiary/aromatic N) is 1. The average molecular weight is 303 g/mol. The van der Waals surface area contributed by atoms with Gasteiger partial charge in [0.25, 0.3) is 0 Å². The SMILES string of the molecule is CS(=O)(=O)Nc1ccc(-c2cccc3c2CCNC3)cn1. The first-order valence-electron chi connectivity index (χ1n) is 6.79. The number of sulfonamides is 1. The molecule has 0 amide bonds. The van der Waals surface area contributed by atoms with Crippen molar-refractivity contribution in [1.29, 1.82) is 0 Å². The van der Waals surface area contributed by atoms with Crippen LogP contribution in [0.5, 0.6) is 0 Å². The van der Waals surface area contributed by atoms with Crippen LogP contribution in [0.2, 0.25) is 0 Å². The number of aromatic nitrogens is 1. The fraction of sp³-hybridized carbons (Fsp3) is 0.267. The standard InChI is InChI=1S/C15H17N3O2S/c1-21(19,20)18-15-6-5-12(10-17-15)13-4-2-3-11-9-16-8-7-14(11)13/h2-6,10,16H,7-9H2,1H3,(H,17,18). The molecular formula is C15H17N3O2S. The van der Waals surface area contributed by atoms with Gasteiger partial charge in [-0.25, -0.2) is 13.4 Å². The van der Waals surface area contributed by atoms with Gasteiger partial charge in [0.2, 0.25) is 10.0 Å². The van der Waals surface area contributed by atoms with E-state index < -0.39 is 10.0 Å². The van der Waals surface area contributed by atoms with Gasteiger partial charge < -0.3 is 5.32 Å². The van der Waals surface area contributed by atoms with Crippen molar-refractivity contribution in [3.05, 3.63) is 47.7 Å². The molecule has 3 rings (SSSR count). The first-order valence-corrected chi connectivity index (χ1v) is 8.68. The van der Waals surface area contributed by atoms with Crippen LogP contribution < -0.4 is 10.0 Å². The van der Waals surface area contributed by atoms with Crippen molar-refractivity contribution in [3.8, 4) is 11.1 Å². The van der Waals surface area contributed by atoms with Gasteiger partial charge in [0.15, 0.2) is 0 Å². The largest absolute Gasteiger partial charge is 0.312 e. The van der Waals surface area contributed by atoms with Crippen LogP contribution in [-0.2, 0) is 23.0 Å². The van der Waals surface area contributed by atoms with E-state index in [0.717, 1.165) is 31.3 Å². The highest BCUT2D eigenvalue weighted by atomic mass is 32.2. The molecule has 2 aromatic rings. The van der Waals surface area contributed by atoms with E-state index in [1.807, 2.05) is 12.1 Å². The Hall–Kier alpha value is -1.92. The lowest BCUT2D eigenvalue weighted by Crippen LogP contribution is -2.24.